The third-order valence-corrected chi connectivity index (χ3v) is 3.95. The number of nitrogens with zero attached hydrogens (tertiary/aromatic N) is 1. The number of carbonyl (C=O) groups excluding carboxylic acids is 1. The lowest BCUT2D eigenvalue weighted by atomic mass is 10.0. The molecule has 2 rings (SSSR count). The van der Waals surface area contributed by atoms with Gasteiger partial charge in [0.05, 0.1) is 12.9 Å². The van der Waals surface area contributed by atoms with E-state index in [0.717, 1.165) is 44.5 Å². The van der Waals surface area contributed by atoms with Crippen molar-refractivity contribution in [3.8, 4) is 0 Å². The molecule has 1 amide bonds. The Morgan fingerprint density at radius 3 is 2.90 bits per heavy atom. The molecule has 1 aliphatic heterocycles. The van der Waals surface area contributed by atoms with Crippen LogP contribution in [0, 0.1) is 0 Å². The van der Waals surface area contributed by atoms with Crippen LogP contribution in [0.15, 0.2) is 22.8 Å². The van der Waals surface area contributed by atoms with Crippen molar-refractivity contribution in [3.05, 3.63) is 24.2 Å². The van der Waals surface area contributed by atoms with Crippen molar-refractivity contribution in [2.24, 2.45) is 0 Å². The van der Waals surface area contributed by atoms with Crippen molar-refractivity contribution in [1.82, 2.24) is 10.2 Å². The number of aryl methyl sites for hydroxylation is 1. The molecule has 1 unspecified atom stereocenters. The van der Waals surface area contributed by atoms with Gasteiger partial charge in [-0.25, -0.2) is 4.79 Å². The van der Waals surface area contributed by atoms with Crippen molar-refractivity contribution in [3.63, 3.8) is 0 Å². The summed E-state index contributed by atoms with van der Waals surface area (Å²) in [5.74, 6) is 1.04. The Morgan fingerprint density at radius 2 is 2.29 bits per heavy atom. The molecule has 0 bridgehead atoms. The lowest BCUT2D eigenvalue weighted by molar-refractivity contribution is 0.0942. The SMILES string of the molecule is CCOC(=O)N1CCC(NC(C)CCc2ccco2)CC1. The third kappa shape index (κ3) is 5.08. The van der Waals surface area contributed by atoms with Crippen LogP contribution in [0.1, 0.15) is 38.9 Å². The van der Waals surface area contributed by atoms with Gasteiger partial charge in [-0.15, -0.1) is 0 Å². The largest absolute Gasteiger partial charge is 0.469 e. The lowest BCUT2D eigenvalue weighted by Gasteiger charge is -2.33. The predicted octanol–water partition coefficient (Wildman–Crippen LogP) is 2.81. The molecule has 118 valence electrons. The molecule has 2 heterocycles. The summed E-state index contributed by atoms with van der Waals surface area (Å²) in [6, 6.07) is 4.89. The number of nitrogens with one attached hydrogen (secondary N) is 1. The highest BCUT2D eigenvalue weighted by atomic mass is 16.6. The Bertz CT molecular complexity index is 411. The minimum Gasteiger partial charge on any atom is -0.469 e. The number of carbonyl (C=O) groups is 1. The van der Waals surface area contributed by atoms with Crippen LogP contribution < -0.4 is 5.32 Å². The fourth-order valence-corrected chi connectivity index (χ4v) is 2.74. The fraction of sp³-hybridized carbons (Fsp3) is 0.688. The van der Waals surface area contributed by atoms with E-state index in [1.165, 1.54) is 0 Å². The van der Waals surface area contributed by atoms with Crippen LogP contribution in [0.2, 0.25) is 0 Å². The average Bonchev–Trinajstić information content (AvgIpc) is 2.99. The number of amides is 1. The zero-order chi connectivity index (χ0) is 15.1. The summed E-state index contributed by atoms with van der Waals surface area (Å²) in [6.45, 7) is 6.05. The van der Waals surface area contributed by atoms with Crippen molar-refractivity contribution >= 4 is 6.09 Å². The van der Waals surface area contributed by atoms with E-state index in [4.69, 9.17) is 9.15 Å². The first-order valence-corrected chi connectivity index (χ1v) is 7.89. The van der Waals surface area contributed by atoms with Crippen LogP contribution in [0.25, 0.3) is 0 Å². The number of piperidine rings is 1. The Hall–Kier alpha value is -1.49. The first-order chi connectivity index (χ1) is 10.2. The molecule has 1 atom stereocenters. The van der Waals surface area contributed by atoms with Gasteiger partial charge in [0.15, 0.2) is 0 Å². The van der Waals surface area contributed by atoms with Crippen molar-refractivity contribution in [2.45, 2.75) is 51.6 Å². The Kier molecular flexibility index (Phi) is 6.11. The number of hydrogen-bond donors (Lipinski definition) is 1. The summed E-state index contributed by atoms with van der Waals surface area (Å²) < 4.78 is 10.4. The van der Waals surface area contributed by atoms with Gasteiger partial charge >= 0.3 is 6.09 Å². The highest BCUT2D eigenvalue weighted by molar-refractivity contribution is 5.67. The molecule has 1 fully saturated rings. The van der Waals surface area contributed by atoms with Crippen molar-refractivity contribution in [1.29, 1.82) is 0 Å². The molecule has 1 aromatic heterocycles. The van der Waals surface area contributed by atoms with E-state index in [1.807, 2.05) is 19.1 Å². The Morgan fingerprint density at radius 1 is 1.52 bits per heavy atom. The molecule has 0 aromatic carbocycles. The molecule has 5 heteroatoms. The molecule has 0 radical (unpaired) electrons. The van der Waals surface area contributed by atoms with Gasteiger partial charge in [0, 0.05) is 31.6 Å². The molecule has 0 saturated carbocycles. The van der Waals surface area contributed by atoms with Gasteiger partial charge in [-0.05, 0) is 45.2 Å². The summed E-state index contributed by atoms with van der Waals surface area (Å²) in [6.07, 6.45) is 5.54. The number of ether oxygens (including phenoxy) is 1. The zero-order valence-corrected chi connectivity index (χ0v) is 13.0. The van der Waals surface area contributed by atoms with Crippen LogP contribution in [-0.2, 0) is 11.2 Å². The molecular weight excluding hydrogens is 268 g/mol. The predicted molar refractivity (Wildman–Crippen MR) is 81.2 cm³/mol. The Balaban J connectivity index is 1.64. The molecule has 5 nitrogen and oxygen atoms in total. The molecular formula is C16H26N2O3. The van der Waals surface area contributed by atoms with E-state index in [2.05, 4.69) is 12.2 Å². The van der Waals surface area contributed by atoms with Crippen molar-refractivity contribution < 1.29 is 13.9 Å². The van der Waals surface area contributed by atoms with Gasteiger partial charge < -0.3 is 19.4 Å². The van der Waals surface area contributed by atoms with E-state index in [0.29, 0.717) is 18.7 Å². The number of furan rings is 1. The minimum atomic E-state index is -0.179. The second-order valence-electron chi connectivity index (χ2n) is 5.65. The van der Waals surface area contributed by atoms with Gasteiger partial charge in [-0.1, -0.05) is 0 Å². The average molecular weight is 294 g/mol. The van der Waals surface area contributed by atoms with Crippen LogP contribution in [-0.4, -0.2) is 42.8 Å². The summed E-state index contributed by atoms with van der Waals surface area (Å²) in [5.41, 5.74) is 0. The van der Waals surface area contributed by atoms with Crippen LogP contribution in [0.3, 0.4) is 0 Å². The monoisotopic (exact) mass is 294 g/mol. The van der Waals surface area contributed by atoms with Gasteiger partial charge in [0.1, 0.15) is 5.76 Å². The van der Waals surface area contributed by atoms with E-state index >= 15 is 0 Å². The molecule has 0 aliphatic carbocycles. The Labute approximate surface area is 126 Å². The smallest absolute Gasteiger partial charge is 0.409 e. The third-order valence-electron chi connectivity index (χ3n) is 3.95. The maximum atomic E-state index is 11.6. The topological polar surface area (TPSA) is 54.7 Å². The number of rotatable bonds is 6. The van der Waals surface area contributed by atoms with Gasteiger partial charge in [-0.2, -0.15) is 0 Å². The maximum Gasteiger partial charge on any atom is 0.409 e. The molecule has 1 saturated heterocycles. The highest BCUT2D eigenvalue weighted by Gasteiger charge is 2.24. The highest BCUT2D eigenvalue weighted by Crippen LogP contribution is 2.13. The molecule has 1 aliphatic rings. The maximum absolute atomic E-state index is 11.6. The van der Waals surface area contributed by atoms with E-state index in [-0.39, 0.29) is 6.09 Å². The van der Waals surface area contributed by atoms with E-state index in [1.54, 1.807) is 11.2 Å². The standard InChI is InChI=1S/C16H26N2O3/c1-3-20-16(19)18-10-8-14(9-11-18)17-13(2)6-7-15-5-4-12-21-15/h4-5,12-14,17H,3,6-11H2,1-2H3. The minimum absolute atomic E-state index is 0.179. The summed E-state index contributed by atoms with van der Waals surface area (Å²) in [4.78, 5) is 13.4. The summed E-state index contributed by atoms with van der Waals surface area (Å²) in [5, 5.41) is 3.65. The van der Waals surface area contributed by atoms with E-state index in [9.17, 15) is 4.79 Å². The molecule has 1 aromatic rings. The van der Waals surface area contributed by atoms with Crippen LogP contribution in [0.4, 0.5) is 4.79 Å². The van der Waals surface area contributed by atoms with E-state index < -0.39 is 0 Å². The van der Waals surface area contributed by atoms with Gasteiger partial charge in [-0.3, -0.25) is 0 Å². The number of likely N-dealkylation sites (tertiary alicyclic amines) is 1. The van der Waals surface area contributed by atoms with Gasteiger partial charge in [0.25, 0.3) is 0 Å². The molecule has 1 N–H and O–H groups in total. The lowest BCUT2D eigenvalue weighted by Crippen LogP contribution is -2.47. The second-order valence-corrected chi connectivity index (χ2v) is 5.65. The second kappa shape index (κ2) is 8.08. The number of hydrogen-bond acceptors (Lipinski definition) is 4. The fourth-order valence-electron chi connectivity index (χ4n) is 2.74. The zero-order valence-electron chi connectivity index (χ0n) is 13.0. The molecule has 21 heavy (non-hydrogen) atoms. The first kappa shape index (κ1) is 15.9. The first-order valence-electron chi connectivity index (χ1n) is 7.89. The van der Waals surface area contributed by atoms with Gasteiger partial charge in [0.2, 0.25) is 0 Å². The van der Waals surface area contributed by atoms with Crippen LogP contribution >= 0.6 is 0 Å². The summed E-state index contributed by atoms with van der Waals surface area (Å²) in [7, 11) is 0. The van der Waals surface area contributed by atoms with Crippen molar-refractivity contribution in [2.75, 3.05) is 19.7 Å². The normalized spacial score (nSPS) is 17.7. The quantitative estimate of drug-likeness (QED) is 0.876. The van der Waals surface area contributed by atoms with Crippen LogP contribution in [0.5, 0.6) is 0 Å². The molecule has 0 spiro atoms. The summed E-state index contributed by atoms with van der Waals surface area (Å²) >= 11 is 0.